The predicted octanol–water partition coefficient (Wildman–Crippen LogP) is 1.87. The van der Waals surface area contributed by atoms with Gasteiger partial charge in [-0.2, -0.15) is 0 Å². The van der Waals surface area contributed by atoms with Crippen LogP contribution in [0.25, 0.3) is 0 Å². The molecule has 154 valence electrons. The molecule has 0 aliphatic carbocycles. The van der Waals surface area contributed by atoms with E-state index >= 15 is 0 Å². The smallest absolute Gasteiger partial charge is 0.266 e. The standard InChI is InChI=1S/C21H19N3O5S/c25-14-17-11-10-16(13-22-17)21(27)24-30(28,29)19-9-5-4-8-18(19)23-20(26)12-15-6-2-1-3-7-15/h1-11,13,25H,12,14H2,(H,23,26)(H,24,27). The quantitative estimate of drug-likeness (QED) is 0.531. The van der Waals surface area contributed by atoms with Crippen LogP contribution in [0.15, 0.2) is 77.8 Å². The van der Waals surface area contributed by atoms with Gasteiger partial charge in [0.25, 0.3) is 15.9 Å². The number of sulfonamides is 1. The molecule has 3 rings (SSSR count). The van der Waals surface area contributed by atoms with Crippen molar-refractivity contribution in [2.24, 2.45) is 0 Å². The second-order valence-electron chi connectivity index (χ2n) is 6.34. The van der Waals surface area contributed by atoms with Gasteiger partial charge in [-0.05, 0) is 29.8 Å². The van der Waals surface area contributed by atoms with Crippen molar-refractivity contribution in [2.45, 2.75) is 17.9 Å². The molecule has 2 amide bonds. The van der Waals surface area contributed by atoms with Crippen LogP contribution < -0.4 is 10.0 Å². The van der Waals surface area contributed by atoms with Gasteiger partial charge in [0.1, 0.15) is 4.90 Å². The Labute approximate surface area is 173 Å². The fraction of sp³-hybridized carbons (Fsp3) is 0.0952. The van der Waals surface area contributed by atoms with Crippen molar-refractivity contribution in [3.63, 3.8) is 0 Å². The molecule has 1 heterocycles. The number of nitrogens with one attached hydrogen (secondary N) is 2. The molecule has 9 heteroatoms. The Balaban J connectivity index is 1.77. The average Bonchev–Trinajstić information content (AvgIpc) is 2.74. The average molecular weight is 425 g/mol. The van der Waals surface area contributed by atoms with Gasteiger partial charge >= 0.3 is 0 Å². The Morgan fingerprint density at radius 1 is 0.933 bits per heavy atom. The summed E-state index contributed by atoms with van der Waals surface area (Å²) in [6, 6.07) is 17.6. The number of nitrogens with zero attached hydrogens (tertiary/aromatic N) is 1. The van der Waals surface area contributed by atoms with Crippen LogP contribution in [-0.4, -0.2) is 30.3 Å². The SMILES string of the molecule is O=C(Cc1ccccc1)Nc1ccccc1S(=O)(=O)NC(=O)c1ccc(CO)nc1. The van der Waals surface area contributed by atoms with Gasteiger partial charge in [0.2, 0.25) is 5.91 Å². The van der Waals surface area contributed by atoms with E-state index in [0.29, 0.717) is 5.69 Å². The molecule has 2 aromatic carbocycles. The monoisotopic (exact) mass is 425 g/mol. The fourth-order valence-electron chi connectivity index (χ4n) is 2.67. The molecule has 30 heavy (non-hydrogen) atoms. The molecule has 3 aromatic rings. The molecule has 0 saturated heterocycles. The number of hydrogen-bond donors (Lipinski definition) is 3. The third-order valence-corrected chi connectivity index (χ3v) is 5.52. The zero-order valence-electron chi connectivity index (χ0n) is 15.8. The van der Waals surface area contributed by atoms with Gasteiger partial charge in [-0.3, -0.25) is 14.6 Å². The third-order valence-electron chi connectivity index (χ3n) is 4.13. The zero-order chi connectivity index (χ0) is 21.6. The predicted molar refractivity (Wildman–Crippen MR) is 110 cm³/mol. The zero-order valence-corrected chi connectivity index (χ0v) is 16.6. The number of anilines is 1. The van der Waals surface area contributed by atoms with Gasteiger partial charge in [-0.1, -0.05) is 42.5 Å². The highest BCUT2D eigenvalue weighted by Crippen LogP contribution is 2.21. The number of rotatable bonds is 7. The number of para-hydroxylation sites is 1. The summed E-state index contributed by atoms with van der Waals surface area (Å²) in [5, 5.41) is 11.6. The van der Waals surface area contributed by atoms with Crippen LogP contribution in [0.2, 0.25) is 0 Å². The van der Waals surface area contributed by atoms with Crippen LogP contribution in [0.4, 0.5) is 5.69 Å². The minimum Gasteiger partial charge on any atom is -0.390 e. The van der Waals surface area contributed by atoms with Crippen molar-refractivity contribution in [1.82, 2.24) is 9.71 Å². The lowest BCUT2D eigenvalue weighted by Gasteiger charge is -2.12. The maximum atomic E-state index is 12.8. The number of aromatic nitrogens is 1. The van der Waals surface area contributed by atoms with Gasteiger partial charge in [-0.15, -0.1) is 0 Å². The fourth-order valence-corrected chi connectivity index (χ4v) is 3.81. The normalized spacial score (nSPS) is 11.0. The molecule has 0 fully saturated rings. The number of pyridine rings is 1. The number of benzene rings is 2. The third kappa shape index (κ3) is 5.28. The summed E-state index contributed by atoms with van der Waals surface area (Å²) in [4.78, 5) is 28.3. The second-order valence-corrected chi connectivity index (χ2v) is 7.99. The summed E-state index contributed by atoms with van der Waals surface area (Å²) in [5.41, 5.74) is 1.21. The molecule has 0 atom stereocenters. The highest BCUT2D eigenvalue weighted by molar-refractivity contribution is 7.90. The maximum Gasteiger partial charge on any atom is 0.266 e. The Bertz CT molecular complexity index is 1150. The molecular formula is C21H19N3O5S. The van der Waals surface area contributed by atoms with Crippen LogP contribution in [0, 0.1) is 0 Å². The summed E-state index contributed by atoms with van der Waals surface area (Å²) in [5.74, 6) is -1.27. The van der Waals surface area contributed by atoms with Crippen LogP contribution in [-0.2, 0) is 27.8 Å². The topological polar surface area (TPSA) is 125 Å². The van der Waals surface area contributed by atoms with Gasteiger partial charge in [0.05, 0.1) is 30.0 Å². The first-order valence-corrected chi connectivity index (χ1v) is 10.4. The molecule has 0 radical (unpaired) electrons. The van der Waals surface area contributed by atoms with E-state index in [9.17, 15) is 18.0 Å². The van der Waals surface area contributed by atoms with Crippen molar-refractivity contribution in [1.29, 1.82) is 0 Å². The molecular weight excluding hydrogens is 406 g/mol. The molecule has 0 aliphatic rings. The minimum atomic E-state index is -4.26. The highest BCUT2D eigenvalue weighted by Gasteiger charge is 2.23. The Hall–Kier alpha value is -3.56. The molecule has 1 aromatic heterocycles. The first kappa shape index (κ1) is 21.2. The van der Waals surface area contributed by atoms with Crippen LogP contribution >= 0.6 is 0 Å². The molecule has 8 nitrogen and oxygen atoms in total. The number of aliphatic hydroxyl groups excluding tert-OH is 1. The van der Waals surface area contributed by atoms with E-state index in [1.807, 2.05) is 10.8 Å². The van der Waals surface area contributed by atoms with E-state index in [4.69, 9.17) is 5.11 Å². The summed E-state index contributed by atoms with van der Waals surface area (Å²) >= 11 is 0. The maximum absolute atomic E-state index is 12.8. The summed E-state index contributed by atoms with van der Waals surface area (Å²) in [6.07, 6.45) is 1.24. The number of aliphatic hydroxyl groups is 1. The van der Waals surface area contributed by atoms with E-state index in [2.05, 4.69) is 10.3 Å². The van der Waals surface area contributed by atoms with Crippen molar-refractivity contribution >= 4 is 27.5 Å². The summed E-state index contributed by atoms with van der Waals surface area (Å²) in [6.45, 7) is -0.295. The summed E-state index contributed by atoms with van der Waals surface area (Å²) in [7, 11) is -4.26. The van der Waals surface area contributed by atoms with Crippen LogP contribution in [0.1, 0.15) is 21.6 Å². The number of hydrogen-bond acceptors (Lipinski definition) is 6. The molecule has 0 bridgehead atoms. The van der Waals surface area contributed by atoms with Gasteiger partial charge in [-0.25, -0.2) is 13.1 Å². The molecule has 0 spiro atoms. The van der Waals surface area contributed by atoms with Gasteiger partial charge in [0, 0.05) is 6.20 Å². The van der Waals surface area contributed by atoms with Crippen LogP contribution in [0.3, 0.4) is 0 Å². The van der Waals surface area contributed by atoms with Crippen molar-refractivity contribution in [3.8, 4) is 0 Å². The van der Waals surface area contributed by atoms with Gasteiger partial charge in [0.15, 0.2) is 0 Å². The molecule has 3 N–H and O–H groups in total. The number of amides is 2. The molecule has 0 aliphatic heterocycles. The van der Waals surface area contributed by atoms with Crippen LogP contribution in [0.5, 0.6) is 0 Å². The largest absolute Gasteiger partial charge is 0.390 e. The van der Waals surface area contributed by atoms with Crippen molar-refractivity contribution < 1.29 is 23.1 Å². The Kier molecular flexibility index (Phi) is 6.55. The Morgan fingerprint density at radius 2 is 1.63 bits per heavy atom. The number of carbonyl (C=O) groups excluding carboxylic acids is 2. The van der Waals surface area contributed by atoms with E-state index in [1.165, 1.54) is 36.5 Å². The Morgan fingerprint density at radius 3 is 2.30 bits per heavy atom. The van der Waals surface area contributed by atoms with Gasteiger partial charge < -0.3 is 10.4 Å². The first-order valence-electron chi connectivity index (χ1n) is 8.95. The van der Waals surface area contributed by atoms with E-state index in [-0.39, 0.29) is 35.1 Å². The second kappa shape index (κ2) is 9.29. The molecule has 0 unspecified atom stereocenters. The van der Waals surface area contributed by atoms with E-state index < -0.39 is 15.9 Å². The minimum absolute atomic E-state index is 0.0152. The van der Waals surface area contributed by atoms with Crippen molar-refractivity contribution in [2.75, 3.05) is 5.32 Å². The number of carbonyl (C=O) groups is 2. The lowest BCUT2D eigenvalue weighted by atomic mass is 10.1. The van der Waals surface area contributed by atoms with E-state index in [0.717, 1.165) is 5.56 Å². The first-order chi connectivity index (χ1) is 14.4. The summed E-state index contributed by atoms with van der Waals surface area (Å²) < 4.78 is 27.5. The lowest BCUT2D eigenvalue weighted by molar-refractivity contribution is -0.115. The van der Waals surface area contributed by atoms with Crippen molar-refractivity contribution in [3.05, 3.63) is 89.7 Å². The highest BCUT2D eigenvalue weighted by atomic mass is 32.2. The lowest BCUT2D eigenvalue weighted by Crippen LogP contribution is -2.31. The molecule has 0 saturated carbocycles. The van der Waals surface area contributed by atoms with E-state index in [1.54, 1.807) is 30.3 Å².